The molecule has 3 rings (SSSR count). The summed E-state index contributed by atoms with van der Waals surface area (Å²) >= 11 is 0. The molecule has 0 aromatic heterocycles. The molecule has 2 aliphatic rings. The molecular weight excluding hydrogens is 356 g/mol. The first-order chi connectivity index (χ1) is 13.6. The van der Waals surface area contributed by atoms with Crippen LogP contribution < -0.4 is 4.74 Å². The molecule has 2 aliphatic heterocycles. The molecule has 0 unspecified atom stereocenters. The molecule has 0 radical (unpaired) electrons. The van der Waals surface area contributed by atoms with Gasteiger partial charge in [0.15, 0.2) is 0 Å². The third-order valence-corrected chi connectivity index (χ3v) is 5.62. The predicted molar refractivity (Wildman–Crippen MR) is 108 cm³/mol. The zero-order valence-corrected chi connectivity index (χ0v) is 17.3. The van der Waals surface area contributed by atoms with Crippen LogP contribution in [-0.2, 0) is 20.7 Å². The first kappa shape index (κ1) is 20.5. The number of piperidine rings is 1. The van der Waals surface area contributed by atoms with Crippen LogP contribution in [0.3, 0.4) is 0 Å². The molecule has 0 aliphatic carbocycles. The summed E-state index contributed by atoms with van der Waals surface area (Å²) in [5, 5.41) is 0. The van der Waals surface area contributed by atoms with E-state index in [0.29, 0.717) is 30.6 Å². The van der Waals surface area contributed by atoms with Crippen LogP contribution in [0, 0.1) is 5.92 Å². The number of ether oxygens (including phenoxy) is 3. The molecule has 0 spiro atoms. The lowest BCUT2D eigenvalue weighted by molar-refractivity contribution is -0.132. The van der Waals surface area contributed by atoms with Crippen molar-refractivity contribution in [2.45, 2.75) is 26.2 Å². The predicted octanol–water partition coefficient (Wildman–Crippen LogP) is 2.69. The van der Waals surface area contributed by atoms with Gasteiger partial charge in [0.25, 0.3) is 5.91 Å². The van der Waals surface area contributed by atoms with Gasteiger partial charge in [0.05, 0.1) is 7.11 Å². The molecule has 1 aromatic rings. The third kappa shape index (κ3) is 5.41. The summed E-state index contributed by atoms with van der Waals surface area (Å²) in [6.45, 7) is 6.77. The fourth-order valence-electron chi connectivity index (χ4n) is 3.83. The second kappa shape index (κ2) is 9.82. The van der Waals surface area contributed by atoms with Gasteiger partial charge in [0.1, 0.15) is 24.7 Å². The number of carbonyl (C=O) groups is 1. The molecule has 2 heterocycles. The number of carbonyl (C=O) groups excluding carboxylic acids is 1. The Bertz CT molecular complexity index is 678. The number of hydrogen-bond donors (Lipinski definition) is 0. The number of hydrogen-bond acceptors (Lipinski definition) is 5. The van der Waals surface area contributed by atoms with Gasteiger partial charge in [-0.1, -0.05) is 12.1 Å². The Labute approximate surface area is 168 Å². The minimum Gasteiger partial charge on any atom is -0.497 e. The van der Waals surface area contributed by atoms with Crippen LogP contribution in [0.1, 0.15) is 25.3 Å². The lowest BCUT2D eigenvalue weighted by Crippen LogP contribution is -2.41. The van der Waals surface area contributed by atoms with Crippen LogP contribution >= 0.6 is 0 Å². The summed E-state index contributed by atoms with van der Waals surface area (Å²) in [5.74, 6) is 2.33. The number of methoxy groups -OCH3 is 1. The van der Waals surface area contributed by atoms with Crippen LogP contribution in [-0.4, -0.2) is 69.3 Å². The average molecular weight is 389 g/mol. The molecule has 1 saturated heterocycles. The SMILES string of the molecule is COc1ccc(CCN2CCC(CN(C)C(=O)C3=C(C)OCCO3)CC2)cc1. The molecule has 0 N–H and O–H groups in total. The maximum atomic E-state index is 12.6. The van der Waals surface area contributed by atoms with Crippen molar-refractivity contribution in [3.8, 4) is 5.75 Å². The number of nitrogens with zero attached hydrogens (tertiary/aromatic N) is 2. The Morgan fingerprint density at radius 2 is 1.86 bits per heavy atom. The van der Waals surface area contributed by atoms with E-state index in [1.54, 1.807) is 18.9 Å². The molecule has 0 bridgehead atoms. The highest BCUT2D eigenvalue weighted by Gasteiger charge is 2.26. The highest BCUT2D eigenvalue weighted by Crippen LogP contribution is 2.21. The van der Waals surface area contributed by atoms with Crippen molar-refractivity contribution in [3.05, 3.63) is 41.3 Å². The van der Waals surface area contributed by atoms with Crippen LogP contribution in [0.2, 0.25) is 0 Å². The molecule has 28 heavy (non-hydrogen) atoms. The Morgan fingerprint density at radius 3 is 2.50 bits per heavy atom. The van der Waals surface area contributed by atoms with Gasteiger partial charge in [-0.2, -0.15) is 0 Å². The van der Waals surface area contributed by atoms with Crippen molar-refractivity contribution in [2.75, 3.05) is 53.6 Å². The van der Waals surface area contributed by atoms with Crippen molar-refractivity contribution in [1.82, 2.24) is 9.80 Å². The van der Waals surface area contributed by atoms with Gasteiger partial charge in [0, 0.05) is 20.1 Å². The van der Waals surface area contributed by atoms with Gasteiger partial charge in [-0.15, -0.1) is 0 Å². The Hall–Kier alpha value is -2.21. The molecular formula is C22H32N2O4. The normalized spacial score (nSPS) is 18.4. The van der Waals surface area contributed by atoms with E-state index in [1.165, 1.54) is 5.56 Å². The summed E-state index contributed by atoms with van der Waals surface area (Å²) < 4.78 is 16.2. The van der Waals surface area contributed by atoms with E-state index in [-0.39, 0.29) is 5.91 Å². The fraction of sp³-hybridized carbons (Fsp3) is 0.591. The van der Waals surface area contributed by atoms with Crippen molar-refractivity contribution < 1.29 is 19.0 Å². The Kier molecular flexibility index (Phi) is 7.20. The minimum atomic E-state index is -0.0702. The quantitative estimate of drug-likeness (QED) is 0.719. The highest BCUT2D eigenvalue weighted by atomic mass is 16.6. The van der Waals surface area contributed by atoms with E-state index in [2.05, 4.69) is 17.0 Å². The van der Waals surface area contributed by atoms with Crippen LogP contribution in [0.5, 0.6) is 5.75 Å². The van der Waals surface area contributed by atoms with Gasteiger partial charge in [-0.25, -0.2) is 0 Å². The number of benzene rings is 1. The zero-order chi connectivity index (χ0) is 19.9. The van der Waals surface area contributed by atoms with E-state index in [9.17, 15) is 4.79 Å². The lowest BCUT2D eigenvalue weighted by atomic mass is 9.96. The highest BCUT2D eigenvalue weighted by molar-refractivity contribution is 5.91. The first-order valence-electron chi connectivity index (χ1n) is 10.1. The number of allylic oxidation sites excluding steroid dienone is 1. The topological polar surface area (TPSA) is 51.2 Å². The van der Waals surface area contributed by atoms with Gasteiger partial charge >= 0.3 is 0 Å². The maximum Gasteiger partial charge on any atom is 0.292 e. The first-order valence-corrected chi connectivity index (χ1v) is 10.1. The van der Waals surface area contributed by atoms with Gasteiger partial charge in [0.2, 0.25) is 5.76 Å². The number of amides is 1. The summed E-state index contributed by atoms with van der Waals surface area (Å²) in [6, 6.07) is 8.32. The standard InChI is InChI=1S/C22H32N2O4/c1-17-21(28-15-14-27-17)22(25)23(2)16-19-9-12-24(13-10-19)11-8-18-4-6-20(26-3)7-5-18/h4-7,19H,8-16H2,1-3H3. The molecule has 1 aromatic carbocycles. The zero-order valence-electron chi connectivity index (χ0n) is 17.3. The van der Waals surface area contributed by atoms with Crippen molar-refractivity contribution >= 4 is 5.91 Å². The summed E-state index contributed by atoms with van der Waals surface area (Å²) in [6.07, 6.45) is 3.29. The van der Waals surface area contributed by atoms with Crippen molar-refractivity contribution in [2.24, 2.45) is 5.92 Å². The Balaban J connectivity index is 1.40. The molecule has 154 valence electrons. The number of likely N-dealkylation sites (N-methyl/N-ethyl adjacent to an activating group) is 1. The van der Waals surface area contributed by atoms with E-state index >= 15 is 0 Å². The van der Waals surface area contributed by atoms with E-state index in [0.717, 1.165) is 51.2 Å². The monoisotopic (exact) mass is 388 g/mol. The summed E-state index contributed by atoms with van der Waals surface area (Å²) in [5.41, 5.74) is 1.34. The van der Waals surface area contributed by atoms with Crippen molar-refractivity contribution in [3.63, 3.8) is 0 Å². The average Bonchev–Trinajstić information content (AvgIpc) is 2.73. The molecule has 1 amide bonds. The van der Waals surface area contributed by atoms with E-state index in [1.807, 2.05) is 19.2 Å². The fourth-order valence-corrected chi connectivity index (χ4v) is 3.83. The lowest BCUT2D eigenvalue weighted by Gasteiger charge is -2.34. The smallest absolute Gasteiger partial charge is 0.292 e. The molecule has 0 atom stereocenters. The van der Waals surface area contributed by atoms with Gasteiger partial charge < -0.3 is 24.0 Å². The van der Waals surface area contributed by atoms with Gasteiger partial charge in [-0.05, 0) is 62.9 Å². The minimum absolute atomic E-state index is 0.0702. The van der Waals surface area contributed by atoms with Crippen LogP contribution in [0.4, 0.5) is 0 Å². The number of rotatable bonds is 7. The Morgan fingerprint density at radius 1 is 1.18 bits per heavy atom. The second-order valence-electron chi connectivity index (χ2n) is 7.65. The molecule has 6 heteroatoms. The summed E-state index contributed by atoms with van der Waals surface area (Å²) in [7, 11) is 3.55. The molecule has 1 fully saturated rings. The van der Waals surface area contributed by atoms with E-state index in [4.69, 9.17) is 14.2 Å². The number of likely N-dealkylation sites (tertiary alicyclic amines) is 1. The maximum absolute atomic E-state index is 12.6. The van der Waals surface area contributed by atoms with Crippen LogP contribution in [0.25, 0.3) is 0 Å². The largest absolute Gasteiger partial charge is 0.497 e. The summed E-state index contributed by atoms with van der Waals surface area (Å²) in [4.78, 5) is 16.9. The van der Waals surface area contributed by atoms with Crippen molar-refractivity contribution in [1.29, 1.82) is 0 Å². The molecule has 0 saturated carbocycles. The second-order valence-corrected chi connectivity index (χ2v) is 7.65. The van der Waals surface area contributed by atoms with Gasteiger partial charge in [-0.3, -0.25) is 4.79 Å². The van der Waals surface area contributed by atoms with Crippen LogP contribution in [0.15, 0.2) is 35.8 Å². The third-order valence-electron chi connectivity index (χ3n) is 5.62. The van der Waals surface area contributed by atoms with E-state index < -0.39 is 0 Å². The molecule has 6 nitrogen and oxygen atoms in total.